The predicted octanol–water partition coefficient (Wildman–Crippen LogP) is -4.38. The smallest absolute Gasteiger partial charge is 1.00 e. The fraction of sp³-hybridized carbons (Fsp3) is 0. The van der Waals surface area contributed by atoms with Crippen molar-refractivity contribution < 1.29 is 36.7 Å². The van der Waals surface area contributed by atoms with Crippen molar-refractivity contribution in [1.82, 2.24) is 0 Å². The third-order valence-electron chi connectivity index (χ3n) is 0. The van der Waals surface area contributed by atoms with Gasteiger partial charge in [0.05, 0.1) is 0 Å². The molecule has 0 aliphatic carbocycles. The van der Waals surface area contributed by atoms with Gasteiger partial charge in [0.25, 0.3) is 0 Å². The van der Waals surface area contributed by atoms with E-state index >= 15 is 0 Å². The quantitative estimate of drug-likeness (QED) is 0.285. The second-order valence-electron chi connectivity index (χ2n) is 0. The van der Waals surface area contributed by atoms with Crippen LogP contribution < -0.4 is 29.6 Å². The van der Waals surface area contributed by atoms with Gasteiger partial charge in [-0.2, -0.15) is 0 Å². The summed E-state index contributed by atoms with van der Waals surface area (Å²) in [5, 5.41) is 0. The van der Waals surface area contributed by atoms with Crippen LogP contribution in [0, 0.1) is 0 Å². The van der Waals surface area contributed by atoms with Gasteiger partial charge in [-0.05, 0) is 0 Å². The zero-order valence-electron chi connectivity index (χ0n) is 7.41. The molecule has 0 amide bonds. The first-order valence-corrected chi connectivity index (χ1v) is 0. The minimum Gasteiger partial charge on any atom is -1.00 e. The standard InChI is InChI=1S/Al.Ca.Mg.Na.8H/q;2*+2;+1;;;;5*-1. The number of rotatable bonds is 0. The van der Waals surface area contributed by atoms with E-state index in [2.05, 4.69) is 0 Å². The van der Waals surface area contributed by atoms with Crippen molar-refractivity contribution in [3.8, 4) is 0 Å². The normalized spacial score (nSPS) is 0. The van der Waals surface area contributed by atoms with E-state index in [4.69, 9.17) is 0 Å². The monoisotopic (exact) mass is 122 g/mol. The molecule has 0 heterocycles. The SMILES string of the molecule is [AlH3].[Ca+2].[H-].[H-].[H-].[H-].[H-].[Mg+2].[Na+]. The van der Waals surface area contributed by atoms with E-state index in [1.807, 2.05) is 0 Å². The van der Waals surface area contributed by atoms with Gasteiger partial charge in [-0.25, -0.2) is 0 Å². The van der Waals surface area contributed by atoms with Crippen LogP contribution in [-0.2, 0) is 0 Å². The van der Waals surface area contributed by atoms with Crippen LogP contribution in [0.15, 0.2) is 0 Å². The van der Waals surface area contributed by atoms with Crippen LogP contribution >= 0.6 is 0 Å². The molecule has 0 saturated carbocycles. The molecule has 0 N–H and O–H groups in total. The van der Waals surface area contributed by atoms with Gasteiger partial charge in [0.1, 0.15) is 0 Å². The molecular formula is H8AlCaMgNa. The maximum atomic E-state index is 0. The van der Waals surface area contributed by atoms with Gasteiger partial charge in [0.2, 0.25) is 0 Å². The zero-order chi connectivity index (χ0) is 0. The molecule has 4 heavy (non-hydrogen) atoms. The van der Waals surface area contributed by atoms with Gasteiger partial charge in [-0.15, -0.1) is 0 Å². The van der Waals surface area contributed by atoms with Gasteiger partial charge < -0.3 is 7.13 Å². The Balaban J connectivity index is 0. The molecule has 4 heteroatoms. The molecule has 0 bridgehead atoms. The van der Waals surface area contributed by atoms with Crippen LogP contribution in [0.5, 0.6) is 0 Å². The van der Waals surface area contributed by atoms with Crippen molar-refractivity contribution in [2.45, 2.75) is 0 Å². The molecule has 16 valence electrons. The van der Waals surface area contributed by atoms with Crippen molar-refractivity contribution in [3.63, 3.8) is 0 Å². The summed E-state index contributed by atoms with van der Waals surface area (Å²) in [6, 6.07) is 0. The molecule has 0 rings (SSSR count). The van der Waals surface area contributed by atoms with E-state index in [9.17, 15) is 0 Å². The van der Waals surface area contributed by atoms with Crippen molar-refractivity contribution in [1.29, 1.82) is 0 Å². The molecule has 0 nitrogen and oxygen atoms in total. The number of hydrogen-bond acceptors (Lipinski definition) is 0. The maximum Gasteiger partial charge on any atom is 2.00 e. The molecule has 0 aliphatic rings. The van der Waals surface area contributed by atoms with E-state index in [1.165, 1.54) is 0 Å². The second-order valence-corrected chi connectivity index (χ2v) is 0. The molecule has 0 radical (unpaired) electrons. The van der Waals surface area contributed by atoms with Gasteiger partial charge in [-0.3, -0.25) is 0 Å². The van der Waals surface area contributed by atoms with Gasteiger partial charge in [0.15, 0.2) is 17.4 Å². The van der Waals surface area contributed by atoms with E-state index in [0.29, 0.717) is 0 Å². The minimum absolute atomic E-state index is 0. The van der Waals surface area contributed by atoms with Crippen LogP contribution in [0.3, 0.4) is 0 Å². The van der Waals surface area contributed by atoms with E-state index in [1.54, 1.807) is 0 Å². The van der Waals surface area contributed by atoms with Crippen LogP contribution in [0.25, 0.3) is 0 Å². The zero-order valence-corrected chi connectivity index (χ0v) is 8.04. The average molecular weight is 122 g/mol. The summed E-state index contributed by atoms with van der Waals surface area (Å²) in [7, 11) is 0. The molecule has 0 aromatic carbocycles. The van der Waals surface area contributed by atoms with Crippen LogP contribution in [-0.4, -0.2) is 78.2 Å². The van der Waals surface area contributed by atoms with E-state index < -0.39 is 0 Å². The molecule has 0 fully saturated rings. The van der Waals surface area contributed by atoms with E-state index in [-0.39, 0.29) is 115 Å². The van der Waals surface area contributed by atoms with Crippen molar-refractivity contribution >= 4 is 78.2 Å². The van der Waals surface area contributed by atoms with Gasteiger partial charge in [0, 0.05) is 0 Å². The largest absolute Gasteiger partial charge is 2.00 e. The third kappa shape index (κ3) is 9.12. The fourth-order valence-corrected chi connectivity index (χ4v) is 0. The fourth-order valence-electron chi connectivity index (χ4n) is 0. The summed E-state index contributed by atoms with van der Waals surface area (Å²) in [5.41, 5.74) is 0. The molecule has 0 aromatic heterocycles. The molecule has 0 aromatic rings. The van der Waals surface area contributed by atoms with E-state index in [0.717, 1.165) is 0 Å². The van der Waals surface area contributed by atoms with Crippen LogP contribution in [0.1, 0.15) is 7.13 Å². The Morgan fingerprint density at radius 2 is 1.25 bits per heavy atom. The Bertz CT molecular complexity index is 16.9. The van der Waals surface area contributed by atoms with Crippen LogP contribution in [0.4, 0.5) is 0 Å². The number of hydrogen-bond donors (Lipinski definition) is 0. The molecule has 0 spiro atoms. The van der Waals surface area contributed by atoms with Gasteiger partial charge >= 0.3 is 90.3 Å². The third-order valence-corrected chi connectivity index (χ3v) is 0. The maximum absolute atomic E-state index is 0. The summed E-state index contributed by atoms with van der Waals surface area (Å²) >= 11 is 0. The molecule has 0 unspecified atom stereocenters. The van der Waals surface area contributed by atoms with Crippen molar-refractivity contribution in [2.75, 3.05) is 0 Å². The summed E-state index contributed by atoms with van der Waals surface area (Å²) < 4.78 is 0. The Morgan fingerprint density at radius 1 is 1.25 bits per heavy atom. The topological polar surface area (TPSA) is 0 Å². The van der Waals surface area contributed by atoms with Crippen molar-refractivity contribution in [3.05, 3.63) is 0 Å². The summed E-state index contributed by atoms with van der Waals surface area (Å²) in [6.45, 7) is 0. The predicted molar refractivity (Wildman–Crippen MR) is 27.0 cm³/mol. The molecular weight excluding hydrogens is 114 g/mol. The van der Waals surface area contributed by atoms with Crippen LogP contribution in [0.2, 0.25) is 0 Å². The second kappa shape index (κ2) is 16.0. The first kappa shape index (κ1) is 25.7. The van der Waals surface area contributed by atoms with Gasteiger partial charge in [-0.1, -0.05) is 0 Å². The summed E-state index contributed by atoms with van der Waals surface area (Å²) in [4.78, 5) is 0. The Morgan fingerprint density at radius 3 is 1.25 bits per heavy atom. The first-order valence-electron chi connectivity index (χ1n) is 0. The van der Waals surface area contributed by atoms with Crippen molar-refractivity contribution in [2.24, 2.45) is 0 Å². The Kier molecular flexibility index (Phi) is 103. The Labute approximate surface area is 112 Å². The minimum atomic E-state index is 0. The first-order chi connectivity index (χ1) is 0. The summed E-state index contributed by atoms with van der Waals surface area (Å²) in [6.07, 6.45) is 0. The average Bonchev–Trinajstić information content (AvgIpc) is 0. The summed E-state index contributed by atoms with van der Waals surface area (Å²) in [5.74, 6) is 0. The molecule has 0 aliphatic heterocycles. The Hall–Kier alpha value is 3.56. The molecule has 0 atom stereocenters. The molecule has 0 saturated heterocycles.